The van der Waals surface area contributed by atoms with Crippen LogP contribution in [0.15, 0.2) is 46.9 Å². The third kappa shape index (κ3) is 4.82. The van der Waals surface area contributed by atoms with Gasteiger partial charge in [-0.25, -0.2) is 0 Å². The second-order valence-electron chi connectivity index (χ2n) is 4.84. The minimum absolute atomic E-state index is 0.0730. The fourth-order valence-electron chi connectivity index (χ4n) is 1.99. The molecule has 0 bridgehead atoms. The Hall–Kier alpha value is -0.870. The first-order chi connectivity index (χ1) is 9.95. The summed E-state index contributed by atoms with van der Waals surface area (Å²) < 4.78 is 0.900. The number of hydrogen-bond donors (Lipinski definition) is 0. The Balaban J connectivity index is 2.01. The number of ketones is 1. The highest BCUT2D eigenvalue weighted by Gasteiger charge is 2.11. The molecule has 0 aliphatic carbocycles. The Bertz CT molecular complexity index is 660. The molecule has 0 saturated carbocycles. The predicted octanol–water partition coefficient (Wildman–Crippen LogP) is 5.07. The molecule has 0 radical (unpaired) electrons. The Morgan fingerprint density at radius 3 is 2.62 bits per heavy atom. The molecule has 0 aliphatic rings. The van der Waals surface area contributed by atoms with Crippen LogP contribution in [-0.4, -0.2) is 24.3 Å². The second kappa shape index (κ2) is 7.41. The SMILES string of the molecule is CN(CC(=O)c1cccc(Br)c1)Cc1ccc(Cl)cc1Cl. The number of Topliss-reactive ketones (excluding diaryl/α,β-unsaturated/α-hetero) is 1. The molecule has 0 saturated heterocycles. The van der Waals surface area contributed by atoms with Crippen LogP contribution in [0.5, 0.6) is 0 Å². The zero-order chi connectivity index (χ0) is 15.4. The van der Waals surface area contributed by atoms with Gasteiger partial charge in [-0.2, -0.15) is 0 Å². The predicted molar refractivity (Wildman–Crippen MR) is 91.3 cm³/mol. The van der Waals surface area contributed by atoms with E-state index < -0.39 is 0 Å². The molecule has 0 fully saturated rings. The average molecular weight is 387 g/mol. The Kier molecular flexibility index (Phi) is 5.82. The molecule has 21 heavy (non-hydrogen) atoms. The van der Waals surface area contributed by atoms with Crippen LogP contribution in [-0.2, 0) is 6.54 Å². The van der Waals surface area contributed by atoms with Gasteiger partial charge in [-0.05, 0) is 36.9 Å². The summed E-state index contributed by atoms with van der Waals surface area (Å²) in [5.41, 5.74) is 1.64. The first-order valence-electron chi connectivity index (χ1n) is 6.37. The molecule has 2 rings (SSSR count). The maximum Gasteiger partial charge on any atom is 0.176 e. The quantitative estimate of drug-likeness (QED) is 0.668. The number of halogens is 3. The van der Waals surface area contributed by atoms with Crippen molar-refractivity contribution in [3.05, 3.63) is 68.1 Å². The smallest absolute Gasteiger partial charge is 0.176 e. The number of benzene rings is 2. The van der Waals surface area contributed by atoms with Crippen molar-refractivity contribution in [2.24, 2.45) is 0 Å². The molecule has 2 aromatic carbocycles. The molecule has 0 unspecified atom stereocenters. The van der Waals surface area contributed by atoms with E-state index in [1.807, 2.05) is 42.3 Å². The van der Waals surface area contributed by atoms with E-state index in [0.717, 1.165) is 10.0 Å². The van der Waals surface area contributed by atoms with Gasteiger partial charge in [0.25, 0.3) is 0 Å². The van der Waals surface area contributed by atoms with Crippen molar-refractivity contribution in [2.75, 3.05) is 13.6 Å². The number of likely N-dealkylation sites (N-methyl/N-ethyl adjacent to an activating group) is 1. The summed E-state index contributed by atoms with van der Waals surface area (Å²) in [4.78, 5) is 14.1. The van der Waals surface area contributed by atoms with Gasteiger partial charge < -0.3 is 0 Å². The van der Waals surface area contributed by atoms with Crippen molar-refractivity contribution in [3.8, 4) is 0 Å². The molecule has 2 aromatic rings. The monoisotopic (exact) mass is 385 g/mol. The van der Waals surface area contributed by atoms with Crippen molar-refractivity contribution in [1.29, 1.82) is 0 Å². The fourth-order valence-corrected chi connectivity index (χ4v) is 2.86. The molecular formula is C16H14BrCl2NO. The summed E-state index contributed by atoms with van der Waals surface area (Å²) in [6.07, 6.45) is 0. The highest BCUT2D eigenvalue weighted by atomic mass is 79.9. The molecule has 0 spiro atoms. The van der Waals surface area contributed by atoms with E-state index >= 15 is 0 Å². The number of rotatable bonds is 5. The van der Waals surface area contributed by atoms with E-state index in [0.29, 0.717) is 28.7 Å². The maximum absolute atomic E-state index is 12.2. The van der Waals surface area contributed by atoms with Gasteiger partial charge in [0.2, 0.25) is 0 Å². The summed E-state index contributed by atoms with van der Waals surface area (Å²) in [6, 6.07) is 12.8. The lowest BCUT2D eigenvalue weighted by Crippen LogP contribution is -2.25. The molecule has 0 aromatic heterocycles. The van der Waals surface area contributed by atoms with Crippen LogP contribution in [0, 0.1) is 0 Å². The topological polar surface area (TPSA) is 20.3 Å². The number of nitrogens with zero attached hydrogens (tertiary/aromatic N) is 1. The van der Waals surface area contributed by atoms with Crippen molar-refractivity contribution >= 4 is 44.9 Å². The van der Waals surface area contributed by atoms with E-state index in [-0.39, 0.29) is 5.78 Å². The summed E-state index contributed by atoms with van der Waals surface area (Å²) in [6.45, 7) is 0.922. The lowest BCUT2D eigenvalue weighted by atomic mass is 10.1. The van der Waals surface area contributed by atoms with E-state index in [1.54, 1.807) is 12.1 Å². The highest BCUT2D eigenvalue weighted by molar-refractivity contribution is 9.10. The first-order valence-corrected chi connectivity index (χ1v) is 7.92. The van der Waals surface area contributed by atoms with Crippen LogP contribution in [0.2, 0.25) is 10.0 Å². The van der Waals surface area contributed by atoms with Crippen LogP contribution in [0.3, 0.4) is 0 Å². The van der Waals surface area contributed by atoms with Gasteiger partial charge >= 0.3 is 0 Å². The normalized spacial score (nSPS) is 10.9. The molecule has 110 valence electrons. The van der Waals surface area contributed by atoms with Gasteiger partial charge in [0, 0.05) is 26.6 Å². The summed E-state index contributed by atoms with van der Waals surface area (Å²) in [5.74, 6) is 0.0730. The van der Waals surface area contributed by atoms with Crippen LogP contribution >= 0.6 is 39.1 Å². The van der Waals surface area contributed by atoms with E-state index in [1.165, 1.54) is 0 Å². The Morgan fingerprint density at radius 1 is 1.19 bits per heavy atom. The van der Waals surface area contributed by atoms with E-state index in [2.05, 4.69) is 15.9 Å². The number of hydrogen-bond acceptors (Lipinski definition) is 2. The van der Waals surface area contributed by atoms with Gasteiger partial charge in [0.15, 0.2) is 5.78 Å². The molecule has 2 nitrogen and oxygen atoms in total. The fraction of sp³-hybridized carbons (Fsp3) is 0.188. The van der Waals surface area contributed by atoms with Crippen LogP contribution in [0.25, 0.3) is 0 Å². The zero-order valence-electron chi connectivity index (χ0n) is 11.4. The first kappa shape index (κ1) is 16.5. The summed E-state index contributed by atoms with van der Waals surface area (Å²) in [7, 11) is 1.89. The average Bonchev–Trinajstić information content (AvgIpc) is 2.42. The van der Waals surface area contributed by atoms with Gasteiger partial charge in [0.1, 0.15) is 0 Å². The third-order valence-corrected chi connectivity index (χ3v) is 4.10. The van der Waals surface area contributed by atoms with Crippen LogP contribution < -0.4 is 0 Å². The van der Waals surface area contributed by atoms with Crippen molar-refractivity contribution < 1.29 is 4.79 Å². The summed E-state index contributed by atoms with van der Waals surface area (Å²) >= 11 is 15.4. The van der Waals surface area contributed by atoms with Crippen molar-refractivity contribution in [2.45, 2.75) is 6.54 Å². The molecule has 0 aliphatic heterocycles. The lowest BCUT2D eigenvalue weighted by Gasteiger charge is -2.17. The van der Waals surface area contributed by atoms with Gasteiger partial charge in [-0.15, -0.1) is 0 Å². The van der Waals surface area contributed by atoms with Crippen LogP contribution in [0.4, 0.5) is 0 Å². The van der Waals surface area contributed by atoms with Crippen LogP contribution in [0.1, 0.15) is 15.9 Å². The minimum atomic E-state index is 0.0730. The molecule has 5 heteroatoms. The van der Waals surface area contributed by atoms with Gasteiger partial charge in [-0.3, -0.25) is 9.69 Å². The van der Waals surface area contributed by atoms with E-state index in [4.69, 9.17) is 23.2 Å². The Labute approximate surface area is 142 Å². The lowest BCUT2D eigenvalue weighted by molar-refractivity contribution is 0.0943. The molecule has 0 heterocycles. The molecule has 0 amide bonds. The Morgan fingerprint density at radius 2 is 1.95 bits per heavy atom. The standard InChI is InChI=1S/C16H14BrCl2NO/c1-20(9-12-5-6-14(18)8-15(12)19)10-16(21)11-3-2-4-13(17)7-11/h2-8H,9-10H2,1H3. The van der Waals surface area contributed by atoms with E-state index in [9.17, 15) is 4.79 Å². The largest absolute Gasteiger partial charge is 0.295 e. The number of carbonyl (C=O) groups excluding carboxylic acids is 1. The molecule has 0 N–H and O–H groups in total. The summed E-state index contributed by atoms with van der Waals surface area (Å²) in [5, 5.41) is 1.22. The van der Waals surface area contributed by atoms with Crippen molar-refractivity contribution in [1.82, 2.24) is 4.90 Å². The maximum atomic E-state index is 12.2. The second-order valence-corrected chi connectivity index (χ2v) is 6.60. The van der Waals surface area contributed by atoms with Gasteiger partial charge in [0.05, 0.1) is 6.54 Å². The minimum Gasteiger partial charge on any atom is -0.295 e. The van der Waals surface area contributed by atoms with Crippen molar-refractivity contribution in [3.63, 3.8) is 0 Å². The zero-order valence-corrected chi connectivity index (χ0v) is 14.5. The highest BCUT2D eigenvalue weighted by Crippen LogP contribution is 2.22. The third-order valence-electron chi connectivity index (χ3n) is 3.02. The van der Waals surface area contributed by atoms with Gasteiger partial charge in [-0.1, -0.05) is 57.3 Å². The number of carbonyl (C=O) groups is 1. The molecular weight excluding hydrogens is 373 g/mol. The molecule has 0 atom stereocenters.